The van der Waals surface area contributed by atoms with Gasteiger partial charge in [0.05, 0.1) is 6.57 Å². The molecule has 2 nitrogen and oxygen atoms in total. The minimum Gasteiger partial charge on any atom is -0.299 e. The molecular weight excluding hydrogens is 258 g/mol. The molecule has 0 bridgehead atoms. The number of carbonyl (C=O) groups is 1. The fraction of sp³-hybridized carbons (Fsp3) is 0.579. The number of rotatable bonds is 0. The van der Waals surface area contributed by atoms with Crippen molar-refractivity contribution >= 4 is 11.5 Å². The van der Waals surface area contributed by atoms with E-state index < -0.39 is 0 Å². The standard InChI is InChI=1S/C19H21NO/c1-19-10-9-15-14-6-4-13(20-2)11-12(14)3-5-16(15)17(19)7-8-18(19)21/h4,6,11,15-17H,3,5,7-10H2,1H3/t15?,16?,17?,19-/m0/s1. The minimum absolute atomic E-state index is 0.0326. The lowest BCUT2D eigenvalue weighted by Gasteiger charge is -2.48. The van der Waals surface area contributed by atoms with Crippen LogP contribution in [0.25, 0.3) is 4.85 Å². The highest BCUT2D eigenvalue weighted by Crippen LogP contribution is 2.59. The zero-order valence-corrected chi connectivity index (χ0v) is 12.6. The van der Waals surface area contributed by atoms with Gasteiger partial charge in [-0.3, -0.25) is 4.79 Å². The maximum absolute atomic E-state index is 12.3. The van der Waals surface area contributed by atoms with E-state index in [-0.39, 0.29) is 5.41 Å². The van der Waals surface area contributed by atoms with Gasteiger partial charge in [-0.15, -0.1) is 0 Å². The molecule has 2 heteroatoms. The molecule has 21 heavy (non-hydrogen) atoms. The summed E-state index contributed by atoms with van der Waals surface area (Å²) in [5.74, 6) is 2.41. The molecule has 4 atom stereocenters. The Morgan fingerprint density at radius 3 is 2.90 bits per heavy atom. The molecule has 1 aromatic rings. The molecule has 2 saturated carbocycles. The van der Waals surface area contributed by atoms with Crippen molar-refractivity contribution in [2.75, 3.05) is 0 Å². The van der Waals surface area contributed by atoms with Crippen molar-refractivity contribution in [3.05, 3.63) is 40.7 Å². The Labute approximate surface area is 126 Å². The summed E-state index contributed by atoms with van der Waals surface area (Å²) in [5, 5.41) is 0. The third-order valence-corrected chi connectivity index (χ3v) is 6.55. The summed E-state index contributed by atoms with van der Waals surface area (Å²) in [4.78, 5) is 15.9. The Morgan fingerprint density at radius 2 is 2.10 bits per heavy atom. The third-order valence-electron chi connectivity index (χ3n) is 6.55. The molecule has 3 aliphatic carbocycles. The Morgan fingerprint density at radius 1 is 1.24 bits per heavy atom. The van der Waals surface area contributed by atoms with Gasteiger partial charge in [0, 0.05) is 11.8 Å². The van der Waals surface area contributed by atoms with Gasteiger partial charge in [-0.2, -0.15) is 0 Å². The molecule has 0 saturated heterocycles. The van der Waals surface area contributed by atoms with E-state index >= 15 is 0 Å². The molecule has 3 aliphatic rings. The van der Waals surface area contributed by atoms with Gasteiger partial charge < -0.3 is 0 Å². The fourth-order valence-electron chi connectivity index (χ4n) is 5.41. The molecule has 0 amide bonds. The number of hydrogen-bond donors (Lipinski definition) is 0. The van der Waals surface area contributed by atoms with Crippen LogP contribution in [0.4, 0.5) is 5.69 Å². The molecular formula is C19H21NO. The van der Waals surface area contributed by atoms with Crippen LogP contribution in [-0.2, 0) is 11.2 Å². The Hall–Kier alpha value is -1.62. The number of nitrogens with zero attached hydrogens (tertiary/aromatic N) is 1. The van der Waals surface area contributed by atoms with E-state index in [1.54, 1.807) is 0 Å². The largest absolute Gasteiger partial charge is 0.299 e. The molecule has 0 radical (unpaired) electrons. The molecule has 0 N–H and O–H groups in total. The highest BCUT2D eigenvalue weighted by Gasteiger charge is 2.54. The number of carbonyl (C=O) groups excluding carboxylic acids is 1. The summed E-state index contributed by atoms with van der Waals surface area (Å²) in [5.41, 5.74) is 3.59. The summed E-state index contributed by atoms with van der Waals surface area (Å²) in [6.07, 6.45) is 6.39. The summed E-state index contributed by atoms with van der Waals surface area (Å²) >= 11 is 0. The average molecular weight is 279 g/mol. The number of benzene rings is 1. The lowest BCUT2D eigenvalue weighted by atomic mass is 9.55. The second kappa shape index (κ2) is 4.44. The minimum atomic E-state index is -0.0326. The first-order chi connectivity index (χ1) is 10.1. The second-order valence-corrected chi connectivity index (χ2v) is 7.33. The van der Waals surface area contributed by atoms with Crippen molar-refractivity contribution in [2.45, 2.75) is 51.4 Å². The zero-order chi connectivity index (χ0) is 14.6. The first kappa shape index (κ1) is 13.1. The summed E-state index contributed by atoms with van der Waals surface area (Å²) in [6.45, 7) is 9.40. The topological polar surface area (TPSA) is 21.4 Å². The van der Waals surface area contributed by atoms with Crippen LogP contribution >= 0.6 is 0 Å². The molecule has 4 rings (SSSR count). The van der Waals surface area contributed by atoms with E-state index in [2.05, 4.69) is 23.9 Å². The zero-order valence-electron chi connectivity index (χ0n) is 12.6. The van der Waals surface area contributed by atoms with Crippen LogP contribution in [0.2, 0.25) is 0 Å². The molecule has 0 heterocycles. The molecule has 0 aliphatic heterocycles. The Kier molecular flexibility index (Phi) is 2.76. The highest BCUT2D eigenvalue weighted by molar-refractivity contribution is 5.87. The summed E-state index contributed by atoms with van der Waals surface area (Å²) in [6, 6.07) is 6.26. The van der Waals surface area contributed by atoms with Crippen LogP contribution in [0.1, 0.15) is 56.1 Å². The van der Waals surface area contributed by atoms with Crippen LogP contribution < -0.4 is 0 Å². The maximum atomic E-state index is 12.3. The monoisotopic (exact) mass is 279 g/mol. The van der Waals surface area contributed by atoms with Gasteiger partial charge in [-0.1, -0.05) is 30.7 Å². The first-order valence-electron chi connectivity index (χ1n) is 8.17. The number of fused-ring (bicyclic) bond motifs is 5. The smallest absolute Gasteiger partial charge is 0.187 e. The molecule has 2 fully saturated rings. The van der Waals surface area contributed by atoms with E-state index in [0.717, 1.165) is 37.8 Å². The van der Waals surface area contributed by atoms with Crippen LogP contribution in [0.3, 0.4) is 0 Å². The second-order valence-electron chi connectivity index (χ2n) is 7.33. The number of Topliss-reactive ketones (excluding diaryl/α,β-unsaturated/α-hetero) is 1. The molecule has 1 aromatic carbocycles. The first-order valence-corrected chi connectivity index (χ1v) is 8.17. The van der Waals surface area contributed by atoms with Gasteiger partial charge >= 0.3 is 0 Å². The number of hydrogen-bond acceptors (Lipinski definition) is 1. The third kappa shape index (κ3) is 1.73. The van der Waals surface area contributed by atoms with Crippen molar-refractivity contribution in [2.24, 2.45) is 17.3 Å². The van der Waals surface area contributed by atoms with Crippen LogP contribution in [0.5, 0.6) is 0 Å². The van der Waals surface area contributed by atoms with E-state index in [1.807, 2.05) is 6.07 Å². The van der Waals surface area contributed by atoms with Crippen LogP contribution in [0, 0.1) is 23.8 Å². The Bertz CT molecular complexity index is 656. The van der Waals surface area contributed by atoms with Gasteiger partial charge in [0.25, 0.3) is 0 Å². The summed E-state index contributed by atoms with van der Waals surface area (Å²) < 4.78 is 0. The van der Waals surface area contributed by atoms with Crippen molar-refractivity contribution in [3.8, 4) is 0 Å². The van der Waals surface area contributed by atoms with E-state index in [0.29, 0.717) is 23.5 Å². The maximum Gasteiger partial charge on any atom is 0.187 e. The van der Waals surface area contributed by atoms with Crippen molar-refractivity contribution < 1.29 is 4.79 Å². The SMILES string of the molecule is [C-]#[N+]c1ccc2c(c1)CCC1C2CC[C@]2(C)C(=O)CCC12. The van der Waals surface area contributed by atoms with E-state index in [9.17, 15) is 4.79 Å². The van der Waals surface area contributed by atoms with Gasteiger partial charge in [-0.05, 0) is 55.4 Å². The lowest BCUT2D eigenvalue weighted by Crippen LogP contribution is -2.42. The summed E-state index contributed by atoms with van der Waals surface area (Å²) in [7, 11) is 0. The Balaban J connectivity index is 1.72. The van der Waals surface area contributed by atoms with Gasteiger partial charge in [-0.25, -0.2) is 4.85 Å². The number of aryl methyl sites for hydroxylation is 1. The highest BCUT2D eigenvalue weighted by atomic mass is 16.1. The molecule has 0 spiro atoms. The van der Waals surface area contributed by atoms with E-state index in [1.165, 1.54) is 17.5 Å². The lowest BCUT2D eigenvalue weighted by molar-refractivity contribution is -0.129. The normalized spacial score (nSPS) is 37.3. The van der Waals surface area contributed by atoms with E-state index in [4.69, 9.17) is 6.57 Å². The van der Waals surface area contributed by atoms with Crippen molar-refractivity contribution in [3.63, 3.8) is 0 Å². The van der Waals surface area contributed by atoms with Gasteiger partial charge in [0.2, 0.25) is 0 Å². The van der Waals surface area contributed by atoms with Gasteiger partial charge in [0.15, 0.2) is 5.69 Å². The average Bonchev–Trinajstić information content (AvgIpc) is 2.82. The predicted molar refractivity (Wildman–Crippen MR) is 82.3 cm³/mol. The van der Waals surface area contributed by atoms with Crippen LogP contribution in [-0.4, -0.2) is 5.78 Å². The van der Waals surface area contributed by atoms with Crippen molar-refractivity contribution in [1.82, 2.24) is 0 Å². The fourth-order valence-corrected chi connectivity index (χ4v) is 5.41. The quantitative estimate of drug-likeness (QED) is 0.633. The van der Waals surface area contributed by atoms with Crippen molar-refractivity contribution in [1.29, 1.82) is 0 Å². The molecule has 3 unspecified atom stereocenters. The molecule has 108 valence electrons. The molecule has 0 aromatic heterocycles. The van der Waals surface area contributed by atoms with Gasteiger partial charge in [0.1, 0.15) is 5.78 Å². The predicted octanol–water partition coefficient (Wildman–Crippen LogP) is 4.66. The van der Waals surface area contributed by atoms with Crippen LogP contribution in [0.15, 0.2) is 18.2 Å². The number of ketones is 1.